The average Bonchev–Trinajstić information content (AvgIpc) is 2.63. The summed E-state index contributed by atoms with van der Waals surface area (Å²) < 4.78 is 5.39. The summed E-state index contributed by atoms with van der Waals surface area (Å²) in [5.74, 6) is 0. The van der Waals surface area contributed by atoms with Crippen molar-refractivity contribution in [2.75, 3.05) is 26.3 Å². The molecule has 4 nitrogen and oxygen atoms in total. The number of ether oxygens (including phenoxy) is 1. The van der Waals surface area contributed by atoms with Gasteiger partial charge in [0.1, 0.15) is 0 Å². The van der Waals surface area contributed by atoms with Gasteiger partial charge >= 0.3 is 0 Å². The summed E-state index contributed by atoms with van der Waals surface area (Å²) in [6, 6.07) is 0.954. The topological polar surface area (TPSA) is 53.5 Å². The molecule has 2 aliphatic heterocycles. The highest BCUT2D eigenvalue weighted by molar-refractivity contribution is 4.84. The first-order valence-electron chi connectivity index (χ1n) is 5.57. The van der Waals surface area contributed by atoms with E-state index in [1.807, 2.05) is 0 Å². The van der Waals surface area contributed by atoms with E-state index in [-0.39, 0.29) is 6.10 Å². The standard InChI is InChI=1S/C10H20N2O2/c13-10-4-9(12-6-10)5-11-8-2-1-3-14-7-8/h8-13H,1-7H2/t8?,9-,10+/m0/s1. The van der Waals surface area contributed by atoms with Crippen molar-refractivity contribution in [1.29, 1.82) is 0 Å². The number of nitrogens with one attached hydrogen (secondary N) is 2. The third-order valence-corrected chi connectivity index (χ3v) is 3.01. The van der Waals surface area contributed by atoms with Gasteiger partial charge in [0, 0.05) is 31.8 Å². The molecule has 0 spiro atoms. The first-order chi connectivity index (χ1) is 6.84. The second-order valence-corrected chi connectivity index (χ2v) is 4.32. The number of aliphatic hydroxyl groups excluding tert-OH is 1. The SMILES string of the molecule is O[C@H]1CN[C@H](CNC2CCCOC2)C1. The summed E-state index contributed by atoms with van der Waals surface area (Å²) in [5.41, 5.74) is 0. The highest BCUT2D eigenvalue weighted by atomic mass is 16.5. The molecule has 0 aromatic rings. The van der Waals surface area contributed by atoms with Crippen molar-refractivity contribution in [3.8, 4) is 0 Å². The number of rotatable bonds is 3. The maximum absolute atomic E-state index is 9.32. The van der Waals surface area contributed by atoms with E-state index in [0.717, 1.165) is 32.7 Å². The predicted octanol–water partition coefficient (Wildman–Crippen LogP) is -0.522. The van der Waals surface area contributed by atoms with Crippen molar-refractivity contribution in [3.05, 3.63) is 0 Å². The molecule has 0 bridgehead atoms. The fourth-order valence-electron chi connectivity index (χ4n) is 2.16. The van der Waals surface area contributed by atoms with Gasteiger partial charge in [-0.15, -0.1) is 0 Å². The highest BCUT2D eigenvalue weighted by Crippen LogP contribution is 2.08. The first kappa shape index (κ1) is 10.4. The molecule has 3 atom stereocenters. The molecule has 2 fully saturated rings. The minimum absolute atomic E-state index is 0.149. The van der Waals surface area contributed by atoms with Crippen LogP contribution in [0.3, 0.4) is 0 Å². The van der Waals surface area contributed by atoms with Crippen molar-refractivity contribution in [1.82, 2.24) is 10.6 Å². The van der Waals surface area contributed by atoms with E-state index in [1.54, 1.807) is 0 Å². The van der Waals surface area contributed by atoms with Gasteiger partial charge in [-0.05, 0) is 19.3 Å². The van der Waals surface area contributed by atoms with Crippen LogP contribution in [0.4, 0.5) is 0 Å². The van der Waals surface area contributed by atoms with Crippen molar-refractivity contribution >= 4 is 0 Å². The Morgan fingerprint density at radius 2 is 2.43 bits per heavy atom. The molecule has 0 radical (unpaired) electrons. The summed E-state index contributed by atoms with van der Waals surface area (Å²) in [6.07, 6.45) is 3.11. The fraction of sp³-hybridized carbons (Fsp3) is 1.00. The van der Waals surface area contributed by atoms with E-state index in [0.29, 0.717) is 12.1 Å². The van der Waals surface area contributed by atoms with Gasteiger partial charge in [0.05, 0.1) is 12.7 Å². The Kier molecular flexibility index (Phi) is 3.75. The number of hydrogen-bond donors (Lipinski definition) is 3. The summed E-state index contributed by atoms with van der Waals surface area (Å²) in [6.45, 7) is 3.45. The van der Waals surface area contributed by atoms with Crippen LogP contribution in [0, 0.1) is 0 Å². The molecule has 0 amide bonds. The van der Waals surface area contributed by atoms with Crippen LogP contribution in [0.15, 0.2) is 0 Å². The molecule has 2 saturated heterocycles. The molecule has 3 N–H and O–H groups in total. The quantitative estimate of drug-likeness (QED) is 0.574. The Labute approximate surface area is 85.0 Å². The van der Waals surface area contributed by atoms with Crippen LogP contribution in [0.2, 0.25) is 0 Å². The van der Waals surface area contributed by atoms with Crippen LogP contribution in [-0.4, -0.2) is 49.6 Å². The van der Waals surface area contributed by atoms with E-state index < -0.39 is 0 Å². The minimum atomic E-state index is -0.149. The monoisotopic (exact) mass is 200 g/mol. The van der Waals surface area contributed by atoms with E-state index in [4.69, 9.17) is 4.74 Å². The zero-order chi connectivity index (χ0) is 9.80. The second kappa shape index (κ2) is 5.07. The normalized spacial score (nSPS) is 38.8. The van der Waals surface area contributed by atoms with E-state index in [2.05, 4.69) is 10.6 Å². The molecular weight excluding hydrogens is 180 g/mol. The van der Waals surface area contributed by atoms with Gasteiger partial charge in [-0.3, -0.25) is 0 Å². The molecule has 82 valence electrons. The van der Waals surface area contributed by atoms with E-state index in [1.165, 1.54) is 12.8 Å². The van der Waals surface area contributed by atoms with Gasteiger partial charge in [0.25, 0.3) is 0 Å². The lowest BCUT2D eigenvalue weighted by molar-refractivity contribution is 0.0697. The molecule has 0 aliphatic carbocycles. The Balaban J connectivity index is 1.61. The van der Waals surface area contributed by atoms with Crippen LogP contribution < -0.4 is 10.6 Å². The van der Waals surface area contributed by atoms with Crippen molar-refractivity contribution in [2.24, 2.45) is 0 Å². The van der Waals surface area contributed by atoms with Gasteiger partial charge in [0.15, 0.2) is 0 Å². The van der Waals surface area contributed by atoms with Gasteiger partial charge in [0.2, 0.25) is 0 Å². The van der Waals surface area contributed by atoms with Gasteiger partial charge < -0.3 is 20.5 Å². The molecule has 0 saturated carbocycles. The summed E-state index contributed by atoms with van der Waals surface area (Å²) in [4.78, 5) is 0. The molecule has 14 heavy (non-hydrogen) atoms. The van der Waals surface area contributed by atoms with Crippen molar-refractivity contribution in [3.63, 3.8) is 0 Å². The molecule has 0 aromatic heterocycles. The van der Waals surface area contributed by atoms with Gasteiger partial charge in [-0.25, -0.2) is 0 Å². The summed E-state index contributed by atoms with van der Waals surface area (Å²) in [7, 11) is 0. The van der Waals surface area contributed by atoms with E-state index in [9.17, 15) is 5.11 Å². The van der Waals surface area contributed by atoms with Gasteiger partial charge in [-0.1, -0.05) is 0 Å². The lowest BCUT2D eigenvalue weighted by Crippen LogP contribution is -2.43. The number of hydrogen-bond acceptors (Lipinski definition) is 4. The molecular formula is C10H20N2O2. The second-order valence-electron chi connectivity index (χ2n) is 4.32. The average molecular weight is 200 g/mol. The lowest BCUT2D eigenvalue weighted by atomic mass is 10.1. The predicted molar refractivity (Wildman–Crippen MR) is 54.3 cm³/mol. The Morgan fingerprint density at radius 1 is 1.50 bits per heavy atom. The zero-order valence-electron chi connectivity index (χ0n) is 8.54. The smallest absolute Gasteiger partial charge is 0.0680 e. The highest BCUT2D eigenvalue weighted by Gasteiger charge is 2.22. The number of β-amino-alcohol motifs (C(OH)–C–C–N with tert-alkyl or cyclic N) is 1. The molecule has 2 rings (SSSR count). The van der Waals surface area contributed by atoms with Crippen LogP contribution in [0.5, 0.6) is 0 Å². The molecule has 0 aromatic carbocycles. The molecule has 2 aliphatic rings. The molecule has 4 heteroatoms. The summed E-state index contributed by atoms with van der Waals surface area (Å²) in [5, 5.41) is 16.1. The Bertz CT molecular complexity index is 167. The van der Waals surface area contributed by atoms with Crippen molar-refractivity contribution < 1.29 is 9.84 Å². The third kappa shape index (κ3) is 2.92. The zero-order valence-corrected chi connectivity index (χ0v) is 8.54. The van der Waals surface area contributed by atoms with Crippen LogP contribution in [0.1, 0.15) is 19.3 Å². The summed E-state index contributed by atoms with van der Waals surface area (Å²) >= 11 is 0. The van der Waals surface area contributed by atoms with E-state index >= 15 is 0 Å². The molecule has 2 heterocycles. The Hall–Kier alpha value is -0.160. The Morgan fingerprint density at radius 3 is 3.07 bits per heavy atom. The maximum Gasteiger partial charge on any atom is 0.0680 e. The number of aliphatic hydroxyl groups is 1. The lowest BCUT2D eigenvalue weighted by Gasteiger charge is -2.24. The first-order valence-corrected chi connectivity index (χ1v) is 5.57. The fourth-order valence-corrected chi connectivity index (χ4v) is 2.16. The largest absolute Gasteiger partial charge is 0.392 e. The van der Waals surface area contributed by atoms with Crippen molar-refractivity contribution in [2.45, 2.75) is 37.5 Å². The van der Waals surface area contributed by atoms with Crippen LogP contribution in [-0.2, 0) is 4.74 Å². The molecule has 1 unspecified atom stereocenters. The third-order valence-electron chi connectivity index (χ3n) is 3.01. The van der Waals surface area contributed by atoms with Gasteiger partial charge in [-0.2, -0.15) is 0 Å². The van der Waals surface area contributed by atoms with Crippen LogP contribution >= 0.6 is 0 Å². The maximum atomic E-state index is 9.32. The van der Waals surface area contributed by atoms with Crippen LogP contribution in [0.25, 0.3) is 0 Å². The minimum Gasteiger partial charge on any atom is -0.392 e.